The predicted octanol–water partition coefficient (Wildman–Crippen LogP) is 1.47. The lowest BCUT2D eigenvalue weighted by Crippen LogP contribution is -2.01. The molecule has 0 aliphatic rings. The van der Waals surface area contributed by atoms with E-state index in [0.717, 1.165) is 17.5 Å². The lowest BCUT2D eigenvalue weighted by molar-refractivity contribution is -0.386. The molecule has 0 radical (unpaired) electrons. The molecule has 1 atom stereocenters. The van der Waals surface area contributed by atoms with E-state index in [0.29, 0.717) is 12.2 Å². The van der Waals surface area contributed by atoms with Crippen molar-refractivity contribution in [1.29, 1.82) is 0 Å². The van der Waals surface area contributed by atoms with Crippen molar-refractivity contribution < 1.29 is 18.4 Å². The van der Waals surface area contributed by atoms with Gasteiger partial charge in [0.2, 0.25) is 0 Å². The minimum absolute atomic E-state index is 0.111. The first-order valence-corrected chi connectivity index (χ1v) is 6.69. The van der Waals surface area contributed by atoms with Gasteiger partial charge in [0.25, 0.3) is 0 Å². The number of hydrogen-bond acceptors (Lipinski definition) is 5. The van der Waals surface area contributed by atoms with E-state index in [2.05, 4.69) is 5.14 Å². The third-order valence-corrected chi connectivity index (χ3v) is 2.48. The molecule has 0 aliphatic heterocycles. The third-order valence-electron chi connectivity index (χ3n) is 2.48. The lowest BCUT2D eigenvalue weighted by Gasteiger charge is -2.09. The highest BCUT2D eigenvalue weighted by atomic mass is 32.2. The van der Waals surface area contributed by atoms with Crippen molar-refractivity contribution >= 4 is 17.0 Å². The minimum Gasteiger partial charge on any atom is -0.760 e. The summed E-state index contributed by atoms with van der Waals surface area (Å²) in [7, 11) is 1.45. The first-order chi connectivity index (χ1) is 8.88. The van der Waals surface area contributed by atoms with Crippen LogP contribution in [0.25, 0.3) is 0 Å². The van der Waals surface area contributed by atoms with Gasteiger partial charge in [0.05, 0.1) is 12.0 Å². The Balaban J connectivity index is 0.000000711. The number of nitro groups is 1. The van der Waals surface area contributed by atoms with Crippen molar-refractivity contribution in [1.82, 2.24) is 0 Å². The summed E-state index contributed by atoms with van der Waals surface area (Å²) < 4.78 is 22.6. The second-order valence-electron chi connectivity index (χ2n) is 3.48. The zero-order valence-corrected chi connectivity index (χ0v) is 11.9. The molecule has 0 heterocycles. The molecule has 0 saturated heterocycles. The van der Waals surface area contributed by atoms with Crippen LogP contribution in [0.3, 0.4) is 0 Å². The van der Waals surface area contributed by atoms with Gasteiger partial charge in [0.1, 0.15) is 0 Å². The van der Waals surface area contributed by atoms with Crippen LogP contribution in [0.2, 0.25) is 0 Å². The zero-order valence-electron chi connectivity index (χ0n) is 11.0. The van der Waals surface area contributed by atoms with E-state index < -0.39 is 11.3 Å². The Morgan fingerprint density at radius 1 is 1.37 bits per heavy atom. The highest BCUT2D eigenvalue weighted by Gasteiger charge is 2.21. The highest BCUT2D eigenvalue weighted by Crippen LogP contribution is 2.33. The molecule has 0 saturated carbocycles. The molecule has 0 bridgehead atoms. The van der Waals surface area contributed by atoms with Crippen LogP contribution in [-0.4, -0.2) is 20.8 Å². The van der Waals surface area contributed by atoms with Gasteiger partial charge in [-0.2, -0.15) is 0 Å². The summed E-state index contributed by atoms with van der Waals surface area (Å²) in [6, 6.07) is 3.56. The van der Waals surface area contributed by atoms with Crippen molar-refractivity contribution in [2.75, 3.05) is 7.11 Å². The van der Waals surface area contributed by atoms with E-state index >= 15 is 0 Å². The smallest absolute Gasteiger partial charge is 0.314 e. The second kappa shape index (κ2) is 8.57. The monoisotopic (exact) mass is 289 g/mol. The Labute approximate surface area is 114 Å². The Bertz CT molecular complexity index is 461. The molecule has 8 heteroatoms. The number of benzene rings is 1. The third kappa shape index (κ3) is 5.33. The topological polar surface area (TPSA) is 119 Å². The number of hydrogen-bond donors (Lipinski definition) is 1. The maximum Gasteiger partial charge on any atom is 0.314 e. The number of nitro benzene ring substituents is 1. The largest absolute Gasteiger partial charge is 0.760 e. The molecule has 1 unspecified atom stereocenters. The predicted molar refractivity (Wildman–Crippen MR) is 71.5 cm³/mol. The van der Waals surface area contributed by atoms with Gasteiger partial charge < -0.3 is 9.29 Å². The molecule has 108 valence electrons. The number of methoxy groups -OCH3 is 1. The quantitative estimate of drug-likeness (QED) is 0.511. The van der Waals surface area contributed by atoms with E-state index in [9.17, 15) is 10.1 Å². The Morgan fingerprint density at radius 3 is 2.21 bits per heavy atom. The fraction of sp³-hybridized carbons (Fsp3) is 0.455. The summed E-state index contributed by atoms with van der Waals surface area (Å²) in [6.45, 7) is 3.91. The van der Waals surface area contributed by atoms with Gasteiger partial charge in [-0.1, -0.05) is 19.9 Å². The summed E-state index contributed by atoms with van der Waals surface area (Å²) in [5.41, 5.74) is 1.91. The lowest BCUT2D eigenvalue weighted by atomic mass is 10.0. The van der Waals surface area contributed by atoms with Crippen LogP contribution in [0.4, 0.5) is 5.69 Å². The summed E-state index contributed by atoms with van der Waals surface area (Å²) in [6.07, 6.45) is 1.45. The Morgan fingerprint density at radius 2 is 1.89 bits per heavy atom. The average Bonchev–Trinajstić information content (AvgIpc) is 2.35. The highest BCUT2D eigenvalue weighted by molar-refractivity contribution is 7.76. The van der Waals surface area contributed by atoms with E-state index in [4.69, 9.17) is 13.5 Å². The SMILES string of the molecule is CCc1ccc(OC)c([N+](=O)[O-])c1CC.NS(=O)[O-]. The Kier molecular flexibility index (Phi) is 7.89. The van der Waals surface area contributed by atoms with Crippen molar-refractivity contribution in [3.05, 3.63) is 33.4 Å². The maximum atomic E-state index is 11.0. The summed E-state index contributed by atoms with van der Waals surface area (Å²) in [5.74, 6) is 0.342. The second-order valence-corrected chi connectivity index (χ2v) is 4.00. The Hall–Kier alpha value is -1.51. The molecule has 0 spiro atoms. The van der Waals surface area contributed by atoms with Gasteiger partial charge in [0, 0.05) is 16.8 Å². The van der Waals surface area contributed by atoms with Crippen LogP contribution in [0.1, 0.15) is 25.0 Å². The van der Waals surface area contributed by atoms with Crippen molar-refractivity contribution in [2.45, 2.75) is 26.7 Å². The maximum absolute atomic E-state index is 11.0. The molecular formula is C11H17N2O5S-. The van der Waals surface area contributed by atoms with Gasteiger partial charge in [-0.05, 0) is 24.5 Å². The van der Waals surface area contributed by atoms with E-state index in [1.165, 1.54) is 7.11 Å². The number of ether oxygens (including phenoxy) is 1. The average molecular weight is 289 g/mol. The van der Waals surface area contributed by atoms with E-state index in [1.807, 2.05) is 19.9 Å². The van der Waals surface area contributed by atoms with Gasteiger partial charge in [0.15, 0.2) is 5.75 Å². The van der Waals surface area contributed by atoms with Crippen LogP contribution in [0.5, 0.6) is 5.75 Å². The zero-order chi connectivity index (χ0) is 15.0. The van der Waals surface area contributed by atoms with E-state index in [-0.39, 0.29) is 10.6 Å². The summed E-state index contributed by atoms with van der Waals surface area (Å²) >= 11 is -2.36. The number of nitrogens with two attached hydrogens (primary N) is 1. The normalized spacial score (nSPS) is 11.2. The molecule has 19 heavy (non-hydrogen) atoms. The van der Waals surface area contributed by atoms with Crippen LogP contribution in [-0.2, 0) is 24.1 Å². The van der Waals surface area contributed by atoms with Gasteiger partial charge in [-0.25, -0.2) is 0 Å². The number of aryl methyl sites for hydroxylation is 1. The fourth-order valence-electron chi connectivity index (χ4n) is 1.75. The van der Waals surface area contributed by atoms with Gasteiger partial charge >= 0.3 is 5.69 Å². The standard InChI is InChI=1S/C11H15NO3.H3NO2S/c1-4-8-6-7-10(15-3)11(12(13)14)9(8)5-2;1-4(2)3/h6-7H,4-5H2,1-3H3;1H2,(H,2,3)/p-1. The molecule has 0 aliphatic carbocycles. The van der Waals surface area contributed by atoms with E-state index in [1.54, 1.807) is 6.07 Å². The molecule has 0 fully saturated rings. The first-order valence-electron chi connectivity index (χ1n) is 5.55. The van der Waals surface area contributed by atoms with Crippen LogP contribution < -0.4 is 9.88 Å². The molecule has 2 N–H and O–H groups in total. The number of rotatable bonds is 4. The molecule has 1 aromatic rings. The van der Waals surface area contributed by atoms with Crippen LogP contribution in [0, 0.1) is 10.1 Å². The van der Waals surface area contributed by atoms with Crippen molar-refractivity contribution in [3.63, 3.8) is 0 Å². The molecule has 1 rings (SSSR count). The van der Waals surface area contributed by atoms with Gasteiger partial charge in [-0.15, -0.1) is 0 Å². The summed E-state index contributed by atoms with van der Waals surface area (Å²) in [4.78, 5) is 10.6. The fourth-order valence-corrected chi connectivity index (χ4v) is 1.75. The van der Waals surface area contributed by atoms with Crippen molar-refractivity contribution in [3.8, 4) is 5.75 Å². The number of nitrogens with zero attached hydrogens (tertiary/aromatic N) is 1. The first kappa shape index (κ1) is 17.5. The molecular weight excluding hydrogens is 272 g/mol. The molecule has 7 nitrogen and oxygen atoms in total. The minimum atomic E-state index is -2.36. The summed E-state index contributed by atoms with van der Waals surface area (Å²) in [5, 5.41) is 15.0. The van der Waals surface area contributed by atoms with Crippen LogP contribution in [0.15, 0.2) is 12.1 Å². The van der Waals surface area contributed by atoms with Crippen molar-refractivity contribution in [2.24, 2.45) is 5.14 Å². The molecule has 1 aromatic carbocycles. The van der Waals surface area contributed by atoms with Crippen LogP contribution >= 0.6 is 0 Å². The van der Waals surface area contributed by atoms with Gasteiger partial charge in [-0.3, -0.25) is 19.5 Å². The molecule has 0 aromatic heterocycles. The molecule has 0 amide bonds.